The third-order valence-corrected chi connectivity index (χ3v) is 3.74. The molecule has 1 aliphatic rings. The lowest BCUT2D eigenvalue weighted by molar-refractivity contribution is -0.123. The summed E-state index contributed by atoms with van der Waals surface area (Å²) in [6.07, 6.45) is 1.90. The van der Waals surface area contributed by atoms with Crippen LogP contribution in [0.1, 0.15) is 12.8 Å². The quantitative estimate of drug-likeness (QED) is 0.847. The number of nitrogens with one attached hydrogen (secondary N) is 1. The zero-order valence-electron chi connectivity index (χ0n) is 10.3. The second-order valence-electron chi connectivity index (χ2n) is 4.80. The molecular formula is C13H15Cl2NO3. The first-order chi connectivity index (χ1) is 9.04. The Morgan fingerprint density at radius 2 is 2.16 bits per heavy atom. The molecule has 0 radical (unpaired) electrons. The summed E-state index contributed by atoms with van der Waals surface area (Å²) in [6.45, 7) is 0.486. The highest BCUT2D eigenvalue weighted by Crippen LogP contribution is 2.44. The maximum atomic E-state index is 11.6. The lowest BCUT2D eigenvalue weighted by Gasteiger charge is -2.13. The minimum atomic E-state index is -0.231. The Balaban J connectivity index is 1.77. The van der Waals surface area contributed by atoms with Gasteiger partial charge in [-0.15, -0.1) is 0 Å². The number of aliphatic hydroxyl groups is 1. The molecule has 0 unspecified atom stereocenters. The van der Waals surface area contributed by atoms with E-state index in [0.717, 1.165) is 12.8 Å². The summed E-state index contributed by atoms with van der Waals surface area (Å²) in [6, 6.07) is 4.82. The van der Waals surface area contributed by atoms with E-state index in [1.165, 1.54) is 0 Å². The largest absolute Gasteiger partial charge is 0.482 e. The normalized spacial score (nSPS) is 15.9. The predicted molar refractivity (Wildman–Crippen MR) is 73.7 cm³/mol. The topological polar surface area (TPSA) is 58.6 Å². The van der Waals surface area contributed by atoms with Crippen molar-refractivity contribution in [3.63, 3.8) is 0 Å². The molecule has 1 fully saturated rings. The van der Waals surface area contributed by atoms with E-state index in [9.17, 15) is 4.79 Å². The van der Waals surface area contributed by atoms with Crippen molar-refractivity contribution in [1.29, 1.82) is 0 Å². The third kappa shape index (κ3) is 4.00. The Labute approximate surface area is 121 Å². The van der Waals surface area contributed by atoms with Crippen molar-refractivity contribution in [3.8, 4) is 5.75 Å². The van der Waals surface area contributed by atoms with Gasteiger partial charge in [0, 0.05) is 17.0 Å². The fraction of sp³-hybridized carbons (Fsp3) is 0.462. The number of ether oxygens (including phenoxy) is 1. The minimum absolute atomic E-state index is 0.104. The van der Waals surface area contributed by atoms with Crippen molar-refractivity contribution in [3.05, 3.63) is 28.2 Å². The van der Waals surface area contributed by atoms with Crippen LogP contribution in [0.15, 0.2) is 18.2 Å². The molecule has 1 saturated carbocycles. The molecule has 2 N–H and O–H groups in total. The van der Waals surface area contributed by atoms with Gasteiger partial charge in [-0.25, -0.2) is 0 Å². The lowest BCUT2D eigenvalue weighted by Crippen LogP contribution is -2.35. The highest BCUT2D eigenvalue weighted by atomic mass is 35.5. The summed E-state index contributed by atoms with van der Waals surface area (Å²) in [5.74, 6) is 0.190. The Hall–Kier alpha value is -0.970. The highest BCUT2D eigenvalue weighted by Gasteiger charge is 2.42. The molecule has 1 aliphatic carbocycles. The van der Waals surface area contributed by atoms with Crippen molar-refractivity contribution < 1.29 is 14.6 Å². The molecule has 1 aromatic carbocycles. The van der Waals surface area contributed by atoms with Crippen LogP contribution in [0.5, 0.6) is 5.75 Å². The molecule has 19 heavy (non-hydrogen) atoms. The number of halogens is 2. The molecule has 0 saturated heterocycles. The highest BCUT2D eigenvalue weighted by molar-refractivity contribution is 6.35. The lowest BCUT2D eigenvalue weighted by atomic mass is 10.1. The van der Waals surface area contributed by atoms with Crippen molar-refractivity contribution in [2.75, 3.05) is 19.8 Å². The molecule has 1 aromatic rings. The minimum Gasteiger partial charge on any atom is -0.482 e. The van der Waals surface area contributed by atoms with E-state index in [-0.39, 0.29) is 24.5 Å². The van der Waals surface area contributed by atoms with Crippen molar-refractivity contribution in [2.45, 2.75) is 12.8 Å². The maximum Gasteiger partial charge on any atom is 0.257 e. The molecule has 0 aliphatic heterocycles. The van der Waals surface area contributed by atoms with Crippen LogP contribution in [0, 0.1) is 5.41 Å². The van der Waals surface area contributed by atoms with Gasteiger partial charge < -0.3 is 15.2 Å². The van der Waals surface area contributed by atoms with E-state index < -0.39 is 0 Å². The van der Waals surface area contributed by atoms with Gasteiger partial charge >= 0.3 is 0 Å². The van der Waals surface area contributed by atoms with Gasteiger partial charge in [-0.05, 0) is 31.0 Å². The number of hydrogen-bond acceptors (Lipinski definition) is 3. The second kappa shape index (κ2) is 5.99. The fourth-order valence-electron chi connectivity index (χ4n) is 1.64. The summed E-state index contributed by atoms with van der Waals surface area (Å²) in [5.41, 5.74) is -0.104. The molecule has 0 heterocycles. The summed E-state index contributed by atoms with van der Waals surface area (Å²) >= 11 is 11.7. The first-order valence-electron chi connectivity index (χ1n) is 6.00. The monoisotopic (exact) mass is 303 g/mol. The number of hydrogen-bond donors (Lipinski definition) is 2. The van der Waals surface area contributed by atoms with Crippen molar-refractivity contribution in [1.82, 2.24) is 5.32 Å². The summed E-state index contributed by atoms with van der Waals surface area (Å²) in [5, 5.41) is 12.8. The third-order valence-electron chi connectivity index (χ3n) is 3.21. The molecule has 0 spiro atoms. The average molecular weight is 304 g/mol. The Bertz CT molecular complexity index is 475. The van der Waals surface area contributed by atoms with Gasteiger partial charge in [0.1, 0.15) is 5.75 Å². The van der Waals surface area contributed by atoms with Gasteiger partial charge in [0.2, 0.25) is 0 Å². The molecule has 4 nitrogen and oxygen atoms in total. The SMILES string of the molecule is O=C(COc1ccc(Cl)cc1Cl)NCC1(CO)CC1. The maximum absolute atomic E-state index is 11.6. The number of carbonyl (C=O) groups excluding carboxylic acids is 1. The molecule has 0 aromatic heterocycles. The van der Waals surface area contributed by atoms with Crippen LogP contribution in [0.25, 0.3) is 0 Å². The van der Waals surface area contributed by atoms with Crippen LogP contribution < -0.4 is 10.1 Å². The van der Waals surface area contributed by atoms with E-state index in [1.807, 2.05) is 0 Å². The Kier molecular flexibility index (Phi) is 4.55. The molecular weight excluding hydrogens is 289 g/mol. The van der Waals surface area contributed by atoms with Gasteiger partial charge in [0.25, 0.3) is 5.91 Å². The van der Waals surface area contributed by atoms with Crippen LogP contribution >= 0.6 is 23.2 Å². The summed E-state index contributed by atoms with van der Waals surface area (Å²) in [7, 11) is 0. The van der Waals surface area contributed by atoms with Gasteiger partial charge in [0.05, 0.1) is 11.6 Å². The van der Waals surface area contributed by atoms with Gasteiger partial charge in [-0.3, -0.25) is 4.79 Å². The van der Waals surface area contributed by atoms with E-state index in [1.54, 1.807) is 18.2 Å². The number of aliphatic hydroxyl groups excluding tert-OH is 1. The predicted octanol–water partition coefficient (Wildman–Crippen LogP) is 2.26. The van der Waals surface area contributed by atoms with E-state index in [4.69, 9.17) is 33.0 Å². The van der Waals surface area contributed by atoms with E-state index in [2.05, 4.69) is 5.32 Å². The van der Waals surface area contributed by atoms with Crippen LogP contribution in [0.2, 0.25) is 10.0 Å². The van der Waals surface area contributed by atoms with Crippen LogP contribution in [-0.4, -0.2) is 30.8 Å². The standard InChI is InChI=1S/C13H15Cl2NO3/c14-9-1-2-11(10(15)5-9)19-6-12(18)16-7-13(8-17)3-4-13/h1-2,5,17H,3-4,6-8H2,(H,16,18). The van der Waals surface area contributed by atoms with E-state index in [0.29, 0.717) is 22.3 Å². The fourth-order valence-corrected chi connectivity index (χ4v) is 2.10. The molecule has 0 atom stereocenters. The molecule has 0 bridgehead atoms. The zero-order chi connectivity index (χ0) is 13.9. The number of rotatable bonds is 6. The average Bonchev–Trinajstić information content (AvgIpc) is 3.16. The van der Waals surface area contributed by atoms with Crippen molar-refractivity contribution >= 4 is 29.1 Å². The Morgan fingerprint density at radius 1 is 1.42 bits per heavy atom. The number of carbonyl (C=O) groups is 1. The van der Waals surface area contributed by atoms with Crippen molar-refractivity contribution in [2.24, 2.45) is 5.41 Å². The molecule has 6 heteroatoms. The van der Waals surface area contributed by atoms with Gasteiger partial charge in [-0.2, -0.15) is 0 Å². The Morgan fingerprint density at radius 3 is 2.74 bits per heavy atom. The second-order valence-corrected chi connectivity index (χ2v) is 5.64. The van der Waals surface area contributed by atoms with E-state index >= 15 is 0 Å². The number of benzene rings is 1. The molecule has 2 rings (SSSR count). The van der Waals surface area contributed by atoms with Crippen LogP contribution in [-0.2, 0) is 4.79 Å². The zero-order valence-corrected chi connectivity index (χ0v) is 11.8. The van der Waals surface area contributed by atoms with Crippen LogP contribution in [0.4, 0.5) is 0 Å². The number of amides is 1. The smallest absolute Gasteiger partial charge is 0.257 e. The van der Waals surface area contributed by atoms with Crippen LogP contribution in [0.3, 0.4) is 0 Å². The summed E-state index contributed by atoms with van der Waals surface area (Å²) < 4.78 is 5.31. The first-order valence-corrected chi connectivity index (χ1v) is 6.76. The molecule has 104 valence electrons. The molecule has 1 amide bonds. The van der Waals surface area contributed by atoms with Gasteiger partial charge in [-0.1, -0.05) is 23.2 Å². The van der Waals surface area contributed by atoms with Gasteiger partial charge in [0.15, 0.2) is 6.61 Å². The summed E-state index contributed by atoms with van der Waals surface area (Å²) in [4.78, 5) is 11.6. The first kappa shape index (κ1) is 14.4.